The molecule has 3 atom stereocenters. The minimum absolute atomic E-state index is 0.0970. The van der Waals surface area contributed by atoms with Crippen molar-refractivity contribution in [3.63, 3.8) is 0 Å². The van der Waals surface area contributed by atoms with E-state index in [1.165, 1.54) is 6.33 Å². The van der Waals surface area contributed by atoms with Gasteiger partial charge in [0.2, 0.25) is 11.9 Å². The van der Waals surface area contributed by atoms with Gasteiger partial charge in [0.25, 0.3) is 0 Å². The molecule has 0 aliphatic carbocycles. The van der Waals surface area contributed by atoms with Crippen molar-refractivity contribution in [2.45, 2.75) is 25.9 Å². The number of rotatable bonds is 6. The van der Waals surface area contributed by atoms with Gasteiger partial charge in [-0.1, -0.05) is 24.3 Å². The van der Waals surface area contributed by atoms with Gasteiger partial charge in [-0.25, -0.2) is 4.68 Å². The van der Waals surface area contributed by atoms with Crippen LogP contribution in [0, 0.1) is 5.92 Å². The second kappa shape index (κ2) is 8.44. The Balaban J connectivity index is 1.74. The lowest BCUT2D eigenvalue weighted by molar-refractivity contribution is -0.121. The van der Waals surface area contributed by atoms with E-state index in [0.29, 0.717) is 24.1 Å². The van der Waals surface area contributed by atoms with Crippen LogP contribution in [0.4, 0.5) is 11.6 Å². The molecule has 0 spiro atoms. The van der Waals surface area contributed by atoms with Crippen molar-refractivity contribution in [1.82, 2.24) is 14.8 Å². The molecule has 2 heterocycles. The van der Waals surface area contributed by atoms with E-state index in [1.54, 1.807) is 11.8 Å². The number of carbonyl (C=O) groups is 1. The summed E-state index contributed by atoms with van der Waals surface area (Å²) in [6.45, 7) is 4.44. The quantitative estimate of drug-likeness (QED) is 0.651. The topological polar surface area (TPSA) is 90.3 Å². The van der Waals surface area contributed by atoms with Crippen molar-refractivity contribution < 1.29 is 14.3 Å². The van der Waals surface area contributed by atoms with Gasteiger partial charge < -0.3 is 20.1 Å². The SMILES string of the molecule is CCOc1ccc([C@@H]2[C@@H](C(=O)Nc3ccccc3)[C@@H](C)Nc3ncnn32)cc1OC. The molecule has 2 aromatic carbocycles. The maximum atomic E-state index is 13.3. The summed E-state index contributed by atoms with van der Waals surface area (Å²) in [4.78, 5) is 17.7. The lowest BCUT2D eigenvalue weighted by atomic mass is 9.85. The number of hydrogen-bond donors (Lipinski definition) is 2. The van der Waals surface area contributed by atoms with Gasteiger partial charge >= 0.3 is 0 Å². The van der Waals surface area contributed by atoms with Gasteiger partial charge in [-0.2, -0.15) is 10.1 Å². The molecule has 3 aromatic rings. The maximum Gasteiger partial charge on any atom is 0.232 e. The zero-order valence-corrected chi connectivity index (χ0v) is 17.2. The van der Waals surface area contributed by atoms with Gasteiger partial charge in [-0.3, -0.25) is 4.79 Å². The summed E-state index contributed by atoms with van der Waals surface area (Å²) in [5.41, 5.74) is 1.64. The molecular formula is C22H25N5O3. The third-order valence-electron chi connectivity index (χ3n) is 5.25. The van der Waals surface area contributed by atoms with Crippen LogP contribution in [0.15, 0.2) is 54.9 Å². The lowest BCUT2D eigenvalue weighted by Crippen LogP contribution is -2.46. The molecule has 30 heavy (non-hydrogen) atoms. The van der Waals surface area contributed by atoms with Crippen LogP contribution in [0.1, 0.15) is 25.5 Å². The fourth-order valence-corrected chi connectivity index (χ4v) is 3.88. The van der Waals surface area contributed by atoms with E-state index in [-0.39, 0.29) is 18.0 Å². The Bertz CT molecular complexity index is 1020. The van der Waals surface area contributed by atoms with Crippen LogP contribution in [-0.2, 0) is 4.79 Å². The number of ether oxygens (including phenoxy) is 2. The normalized spacial score (nSPS) is 20.0. The van der Waals surface area contributed by atoms with Gasteiger partial charge in [-0.15, -0.1) is 0 Å². The van der Waals surface area contributed by atoms with Crippen LogP contribution >= 0.6 is 0 Å². The van der Waals surface area contributed by atoms with Crippen molar-refractivity contribution in [3.05, 3.63) is 60.4 Å². The molecule has 4 rings (SSSR count). The largest absolute Gasteiger partial charge is 0.493 e. The Morgan fingerprint density at radius 2 is 2.00 bits per heavy atom. The number of nitrogens with zero attached hydrogens (tertiary/aromatic N) is 3. The predicted molar refractivity (Wildman–Crippen MR) is 114 cm³/mol. The number of anilines is 2. The Morgan fingerprint density at radius 1 is 1.20 bits per heavy atom. The molecule has 1 aliphatic rings. The van der Waals surface area contributed by atoms with Crippen LogP contribution in [0.5, 0.6) is 11.5 Å². The first-order valence-corrected chi connectivity index (χ1v) is 9.95. The number of fused-ring (bicyclic) bond motifs is 1. The molecule has 0 bridgehead atoms. The number of hydrogen-bond acceptors (Lipinski definition) is 6. The minimum Gasteiger partial charge on any atom is -0.493 e. The molecule has 1 aliphatic heterocycles. The van der Waals surface area contributed by atoms with Gasteiger partial charge in [0.15, 0.2) is 11.5 Å². The number of para-hydroxylation sites is 1. The molecule has 0 saturated heterocycles. The van der Waals surface area contributed by atoms with Crippen molar-refractivity contribution in [2.24, 2.45) is 5.92 Å². The summed E-state index contributed by atoms with van der Waals surface area (Å²) in [5, 5.41) is 10.7. The average molecular weight is 407 g/mol. The molecular weight excluding hydrogens is 382 g/mol. The van der Waals surface area contributed by atoms with Crippen LogP contribution < -0.4 is 20.1 Å². The second-order valence-corrected chi connectivity index (χ2v) is 7.13. The second-order valence-electron chi connectivity index (χ2n) is 7.13. The highest BCUT2D eigenvalue weighted by molar-refractivity contribution is 5.94. The van der Waals surface area contributed by atoms with Crippen LogP contribution in [0.25, 0.3) is 0 Å². The first kappa shape index (κ1) is 19.8. The summed E-state index contributed by atoms with van der Waals surface area (Å²) in [7, 11) is 1.60. The number of carbonyl (C=O) groups excluding carboxylic acids is 1. The van der Waals surface area contributed by atoms with Gasteiger partial charge in [0.05, 0.1) is 25.7 Å². The molecule has 1 amide bonds. The number of amides is 1. The highest BCUT2D eigenvalue weighted by atomic mass is 16.5. The molecule has 0 radical (unpaired) electrons. The van der Waals surface area contributed by atoms with Crippen molar-refractivity contribution in [1.29, 1.82) is 0 Å². The number of benzene rings is 2. The van der Waals surface area contributed by atoms with Crippen LogP contribution in [-0.4, -0.2) is 40.4 Å². The monoisotopic (exact) mass is 407 g/mol. The van der Waals surface area contributed by atoms with E-state index < -0.39 is 5.92 Å². The molecule has 0 saturated carbocycles. The van der Waals surface area contributed by atoms with E-state index >= 15 is 0 Å². The average Bonchev–Trinajstić information content (AvgIpc) is 3.22. The van der Waals surface area contributed by atoms with Crippen LogP contribution in [0.2, 0.25) is 0 Å². The Morgan fingerprint density at radius 3 is 2.73 bits per heavy atom. The number of nitrogens with one attached hydrogen (secondary N) is 2. The van der Waals surface area contributed by atoms with Crippen LogP contribution in [0.3, 0.4) is 0 Å². The van der Waals surface area contributed by atoms with Gasteiger partial charge in [0.1, 0.15) is 6.33 Å². The third-order valence-corrected chi connectivity index (χ3v) is 5.25. The Kier molecular flexibility index (Phi) is 5.56. The van der Waals surface area contributed by atoms with E-state index in [0.717, 1.165) is 11.3 Å². The summed E-state index contributed by atoms with van der Waals surface area (Å²) < 4.78 is 12.9. The smallest absolute Gasteiger partial charge is 0.232 e. The lowest BCUT2D eigenvalue weighted by Gasteiger charge is -2.37. The Hall–Kier alpha value is -3.55. The standard InChI is InChI=1S/C22H25N5O3/c1-4-30-17-11-10-15(12-18(17)29-3)20-19(14(2)25-22-23-13-24-27(20)22)21(28)26-16-8-6-5-7-9-16/h5-14,19-20H,4H2,1-3H3,(H,26,28)(H,23,24,25)/t14-,19+,20-/m1/s1. The van der Waals surface area contributed by atoms with E-state index in [4.69, 9.17) is 9.47 Å². The highest BCUT2D eigenvalue weighted by Crippen LogP contribution is 2.39. The summed E-state index contributed by atoms with van der Waals surface area (Å²) in [5.74, 6) is 1.38. The molecule has 156 valence electrons. The van der Waals surface area contributed by atoms with Crippen molar-refractivity contribution in [3.8, 4) is 11.5 Å². The van der Waals surface area contributed by atoms with Gasteiger partial charge in [0, 0.05) is 11.7 Å². The summed E-state index contributed by atoms with van der Waals surface area (Å²) in [6.07, 6.45) is 1.49. The number of methoxy groups -OCH3 is 1. The molecule has 8 heteroatoms. The van der Waals surface area contributed by atoms with Crippen molar-refractivity contribution >= 4 is 17.5 Å². The van der Waals surface area contributed by atoms with E-state index in [2.05, 4.69) is 20.7 Å². The van der Waals surface area contributed by atoms with Gasteiger partial charge in [-0.05, 0) is 43.7 Å². The summed E-state index contributed by atoms with van der Waals surface area (Å²) >= 11 is 0. The fourth-order valence-electron chi connectivity index (χ4n) is 3.88. The first-order valence-electron chi connectivity index (χ1n) is 9.95. The molecule has 0 unspecified atom stereocenters. The third kappa shape index (κ3) is 3.68. The Labute approximate surface area is 175 Å². The van der Waals surface area contributed by atoms with E-state index in [9.17, 15) is 4.79 Å². The molecule has 0 fully saturated rings. The zero-order chi connectivity index (χ0) is 21.1. The highest BCUT2D eigenvalue weighted by Gasteiger charge is 2.41. The van der Waals surface area contributed by atoms with E-state index in [1.807, 2.05) is 62.4 Å². The molecule has 2 N–H and O–H groups in total. The molecule has 1 aromatic heterocycles. The zero-order valence-electron chi connectivity index (χ0n) is 17.2. The predicted octanol–water partition coefficient (Wildman–Crippen LogP) is 3.34. The minimum atomic E-state index is -0.429. The maximum absolute atomic E-state index is 13.3. The summed E-state index contributed by atoms with van der Waals surface area (Å²) in [6, 6.07) is 14.6. The van der Waals surface area contributed by atoms with Crippen molar-refractivity contribution in [2.75, 3.05) is 24.4 Å². The first-order chi connectivity index (χ1) is 14.6. The fraction of sp³-hybridized carbons (Fsp3) is 0.318. The molecule has 8 nitrogen and oxygen atoms in total. The number of aromatic nitrogens is 3.